The highest BCUT2D eigenvalue weighted by molar-refractivity contribution is 7.92. The largest absolute Gasteiger partial charge is 0.354 e. The molecule has 3 rings (SSSR count). The van der Waals surface area contributed by atoms with Gasteiger partial charge < -0.3 is 10.2 Å². The first kappa shape index (κ1) is 30.1. The van der Waals surface area contributed by atoms with Crippen LogP contribution in [0.1, 0.15) is 31.9 Å². The second-order valence-corrected chi connectivity index (χ2v) is 12.0. The topological polar surface area (TPSA) is 86.8 Å². The van der Waals surface area contributed by atoms with Gasteiger partial charge in [0, 0.05) is 23.7 Å². The molecule has 0 spiro atoms. The molecule has 39 heavy (non-hydrogen) atoms. The fraction of sp³-hybridized carbons (Fsp3) is 0.310. The van der Waals surface area contributed by atoms with Gasteiger partial charge in [-0.15, -0.1) is 0 Å². The van der Waals surface area contributed by atoms with Crippen molar-refractivity contribution in [3.63, 3.8) is 0 Å². The van der Waals surface area contributed by atoms with E-state index in [2.05, 4.69) is 5.32 Å². The molecule has 0 aliphatic rings. The zero-order chi connectivity index (χ0) is 28.7. The molecule has 0 aliphatic carbocycles. The molecule has 208 valence electrons. The fourth-order valence-corrected chi connectivity index (χ4v) is 5.70. The second-order valence-electron chi connectivity index (χ2n) is 9.68. The van der Waals surface area contributed by atoms with Crippen LogP contribution in [0.3, 0.4) is 0 Å². The maximum atomic E-state index is 14.6. The number of hydrogen-bond acceptors (Lipinski definition) is 4. The number of anilines is 1. The number of carbonyl (C=O) groups excluding carboxylic acids is 2. The normalized spacial score (nSPS) is 12.2. The highest BCUT2D eigenvalue weighted by Crippen LogP contribution is 2.29. The van der Waals surface area contributed by atoms with E-state index in [1.54, 1.807) is 43.3 Å². The maximum absolute atomic E-state index is 14.6. The first-order chi connectivity index (χ1) is 18.4. The van der Waals surface area contributed by atoms with Gasteiger partial charge >= 0.3 is 0 Å². The van der Waals surface area contributed by atoms with Crippen molar-refractivity contribution in [2.24, 2.45) is 5.92 Å². The smallest absolute Gasteiger partial charge is 0.264 e. The van der Waals surface area contributed by atoms with Gasteiger partial charge in [0.15, 0.2) is 0 Å². The third kappa shape index (κ3) is 7.58. The molecule has 0 bridgehead atoms. The lowest BCUT2D eigenvalue weighted by atomic mass is 10.1. The molecule has 0 heterocycles. The average Bonchev–Trinajstić information content (AvgIpc) is 2.90. The summed E-state index contributed by atoms with van der Waals surface area (Å²) in [7, 11) is -4.20. The number of halogens is 2. The van der Waals surface area contributed by atoms with E-state index in [1.807, 2.05) is 13.8 Å². The Labute approximate surface area is 234 Å². The van der Waals surface area contributed by atoms with Crippen molar-refractivity contribution >= 4 is 39.1 Å². The number of nitrogens with zero attached hydrogens (tertiary/aromatic N) is 2. The Morgan fingerprint density at radius 3 is 2.23 bits per heavy atom. The summed E-state index contributed by atoms with van der Waals surface area (Å²) in [5.41, 5.74) is 1.01. The second kappa shape index (κ2) is 13.1. The van der Waals surface area contributed by atoms with Gasteiger partial charge in [0.05, 0.1) is 10.6 Å². The number of nitrogens with one attached hydrogen (secondary N) is 1. The highest BCUT2D eigenvalue weighted by atomic mass is 35.5. The van der Waals surface area contributed by atoms with Gasteiger partial charge in [0.2, 0.25) is 11.8 Å². The van der Waals surface area contributed by atoms with Gasteiger partial charge in [-0.1, -0.05) is 61.8 Å². The predicted molar refractivity (Wildman–Crippen MR) is 151 cm³/mol. The van der Waals surface area contributed by atoms with Gasteiger partial charge in [-0.3, -0.25) is 13.9 Å². The van der Waals surface area contributed by atoms with Crippen LogP contribution in [-0.4, -0.2) is 44.3 Å². The van der Waals surface area contributed by atoms with Crippen molar-refractivity contribution in [1.29, 1.82) is 0 Å². The van der Waals surface area contributed by atoms with Crippen molar-refractivity contribution in [3.8, 4) is 0 Å². The van der Waals surface area contributed by atoms with Gasteiger partial charge in [-0.2, -0.15) is 0 Å². The number of aryl methyl sites for hydroxylation is 1. The number of benzene rings is 3. The van der Waals surface area contributed by atoms with Crippen LogP contribution in [0.5, 0.6) is 0 Å². The summed E-state index contributed by atoms with van der Waals surface area (Å²) in [6, 6.07) is 17.4. The summed E-state index contributed by atoms with van der Waals surface area (Å²) in [6.45, 7) is 6.66. The van der Waals surface area contributed by atoms with Crippen LogP contribution >= 0.6 is 11.6 Å². The number of hydrogen-bond donors (Lipinski definition) is 1. The molecule has 0 saturated carbocycles. The molecule has 0 aromatic heterocycles. The van der Waals surface area contributed by atoms with Crippen LogP contribution in [0, 0.1) is 18.7 Å². The Morgan fingerprint density at radius 2 is 1.62 bits per heavy atom. The average molecular weight is 574 g/mol. The van der Waals surface area contributed by atoms with Crippen LogP contribution in [0.15, 0.2) is 77.7 Å². The Hall–Kier alpha value is -3.43. The zero-order valence-electron chi connectivity index (χ0n) is 22.4. The van der Waals surface area contributed by atoms with E-state index in [1.165, 1.54) is 48.2 Å². The summed E-state index contributed by atoms with van der Waals surface area (Å²) in [5.74, 6) is -1.45. The van der Waals surface area contributed by atoms with Gasteiger partial charge in [0.1, 0.15) is 18.4 Å². The SMILES string of the molecule is Cc1cc(Cl)ccc1N(CC(=O)N(Cc1ccccc1F)C(C)C(=O)NCC(C)C)S(=O)(=O)c1ccccc1. The van der Waals surface area contributed by atoms with Gasteiger partial charge in [-0.25, -0.2) is 12.8 Å². The van der Waals surface area contributed by atoms with Crippen molar-refractivity contribution in [1.82, 2.24) is 10.2 Å². The summed E-state index contributed by atoms with van der Waals surface area (Å²) < 4.78 is 43.2. The van der Waals surface area contributed by atoms with E-state index >= 15 is 0 Å². The molecule has 3 aromatic carbocycles. The van der Waals surface area contributed by atoms with Crippen molar-refractivity contribution in [2.45, 2.75) is 45.2 Å². The monoisotopic (exact) mass is 573 g/mol. The molecule has 1 unspecified atom stereocenters. The number of carbonyl (C=O) groups is 2. The van der Waals surface area contributed by atoms with E-state index in [0.717, 1.165) is 4.31 Å². The maximum Gasteiger partial charge on any atom is 0.264 e. The lowest BCUT2D eigenvalue weighted by Crippen LogP contribution is -2.51. The lowest BCUT2D eigenvalue weighted by molar-refractivity contribution is -0.139. The third-order valence-electron chi connectivity index (χ3n) is 6.19. The molecule has 1 N–H and O–H groups in total. The van der Waals surface area contributed by atoms with E-state index < -0.39 is 40.2 Å². The summed E-state index contributed by atoms with van der Waals surface area (Å²) in [6.07, 6.45) is 0. The van der Waals surface area contributed by atoms with Crippen molar-refractivity contribution in [2.75, 3.05) is 17.4 Å². The van der Waals surface area contributed by atoms with E-state index in [4.69, 9.17) is 11.6 Å². The highest BCUT2D eigenvalue weighted by Gasteiger charge is 2.33. The Bertz CT molecular complexity index is 1420. The number of amides is 2. The molecule has 7 nitrogen and oxygen atoms in total. The molecule has 3 aromatic rings. The molecular formula is C29H33ClFN3O4S. The van der Waals surface area contributed by atoms with Crippen LogP contribution in [0.25, 0.3) is 0 Å². The van der Waals surface area contributed by atoms with E-state index in [0.29, 0.717) is 17.1 Å². The van der Waals surface area contributed by atoms with Crippen LogP contribution in [0.2, 0.25) is 5.02 Å². The minimum atomic E-state index is -4.20. The fourth-order valence-electron chi connectivity index (χ4n) is 3.98. The minimum absolute atomic E-state index is 0.00414. The van der Waals surface area contributed by atoms with E-state index in [9.17, 15) is 22.4 Å². The predicted octanol–water partition coefficient (Wildman–Crippen LogP) is 5.17. The molecular weight excluding hydrogens is 541 g/mol. The zero-order valence-corrected chi connectivity index (χ0v) is 24.0. The van der Waals surface area contributed by atoms with Crippen LogP contribution < -0.4 is 9.62 Å². The Kier molecular flexibility index (Phi) is 10.1. The summed E-state index contributed by atoms with van der Waals surface area (Å²) in [5, 5.41) is 3.21. The number of rotatable bonds is 11. The molecule has 0 saturated heterocycles. The van der Waals surface area contributed by atoms with Crippen LogP contribution in [0.4, 0.5) is 10.1 Å². The summed E-state index contributed by atoms with van der Waals surface area (Å²) >= 11 is 6.12. The molecule has 1 atom stereocenters. The molecule has 0 aliphatic heterocycles. The van der Waals surface area contributed by atoms with Gasteiger partial charge in [-0.05, 0) is 61.7 Å². The molecule has 0 radical (unpaired) electrons. The Balaban J connectivity index is 2.04. The first-order valence-electron chi connectivity index (χ1n) is 12.6. The first-order valence-corrected chi connectivity index (χ1v) is 14.4. The lowest BCUT2D eigenvalue weighted by Gasteiger charge is -2.32. The molecule has 2 amide bonds. The number of sulfonamides is 1. The molecule has 10 heteroatoms. The van der Waals surface area contributed by atoms with Crippen molar-refractivity contribution < 1.29 is 22.4 Å². The minimum Gasteiger partial charge on any atom is -0.354 e. The Morgan fingerprint density at radius 1 is 0.974 bits per heavy atom. The summed E-state index contributed by atoms with van der Waals surface area (Å²) in [4.78, 5) is 28.1. The van der Waals surface area contributed by atoms with Crippen LogP contribution in [-0.2, 0) is 26.2 Å². The van der Waals surface area contributed by atoms with Gasteiger partial charge in [0.25, 0.3) is 10.0 Å². The quantitative estimate of drug-likeness (QED) is 0.343. The third-order valence-corrected chi connectivity index (χ3v) is 8.20. The van der Waals surface area contributed by atoms with Crippen molar-refractivity contribution in [3.05, 3.63) is 94.8 Å². The molecule has 0 fully saturated rings. The standard InChI is InChI=1S/C29H33ClFN3O4S/c1-20(2)17-32-29(36)22(4)33(18-23-10-8-9-13-26(23)31)28(35)19-34(27-15-14-24(30)16-21(27)3)39(37,38)25-11-6-5-7-12-25/h5-16,20,22H,17-19H2,1-4H3,(H,32,36). The van der Waals surface area contributed by atoms with E-state index in [-0.39, 0.29) is 28.6 Å².